The standard InChI is InChI=1S/C11H13NO3/c1-3-9(13)7-4-5-8-10(6-7)15-11(14)12(8)2/h4-6,9,13H,3H2,1-2H3/t9-/m0/s1. The largest absolute Gasteiger partial charge is 0.419 e. The molecule has 0 unspecified atom stereocenters. The first kappa shape index (κ1) is 9.98. The van der Waals surface area contributed by atoms with Crippen LogP contribution in [0.1, 0.15) is 25.0 Å². The summed E-state index contributed by atoms with van der Waals surface area (Å²) in [6, 6.07) is 5.31. The molecule has 0 saturated heterocycles. The lowest BCUT2D eigenvalue weighted by molar-refractivity contribution is 0.173. The number of nitrogens with zero attached hydrogens (tertiary/aromatic N) is 1. The zero-order chi connectivity index (χ0) is 11.0. The summed E-state index contributed by atoms with van der Waals surface area (Å²) in [7, 11) is 1.66. The van der Waals surface area contributed by atoms with Crippen molar-refractivity contribution in [2.75, 3.05) is 0 Å². The average molecular weight is 207 g/mol. The molecule has 1 heterocycles. The van der Waals surface area contributed by atoms with Crippen LogP contribution < -0.4 is 5.76 Å². The van der Waals surface area contributed by atoms with E-state index in [1.165, 1.54) is 4.57 Å². The van der Waals surface area contributed by atoms with Gasteiger partial charge in [-0.25, -0.2) is 4.79 Å². The van der Waals surface area contributed by atoms with Gasteiger partial charge in [0, 0.05) is 7.05 Å². The number of aliphatic hydroxyl groups is 1. The van der Waals surface area contributed by atoms with Gasteiger partial charge in [-0.05, 0) is 24.1 Å². The van der Waals surface area contributed by atoms with Crippen LogP contribution in [0.5, 0.6) is 0 Å². The molecule has 4 nitrogen and oxygen atoms in total. The number of fused-ring (bicyclic) bond motifs is 1. The quantitative estimate of drug-likeness (QED) is 0.813. The Morgan fingerprint density at radius 2 is 2.27 bits per heavy atom. The van der Waals surface area contributed by atoms with Gasteiger partial charge in [-0.3, -0.25) is 4.57 Å². The van der Waals surface area contributed by atoms with Crippen molar-refractivity contribution >= 4 is 11.1 Å². The van der Waals surface area contributed by atoms with Gasteiger partial charge in [-0.2, -0.15) is 0 Å². The molecule has 1 aromatic carbocycles. The molecule has 0 fully saturated rings. The average Bonchev–Trinajstić information content (AvgIpc) is 2.53. The first-order chi connectivity index (χ1) is 7.13. The van der Waals surface area contributed by atoms with Gasteiger partial charge in [-0.1, -0.05) is 13.0 Å². The molecular formula is C11H13NO3. The minimum absolute atomic E-state index is 0.381. The number of hydrogen-bond donors (Lipinski definition) is 1. The van der Waals surface area contributed by atoms with Gasteiger partial charge < -0.3 is 9.52 Å². The molecule has 0 bridgehead atoms. The third kappa shape index (κ3) is 1.57. The molecule has 0 amide bonds. The second-order valence-electron chi connectivity index (χ2n) is 3.58. The van der Waals surface area contributed by atoms with Gasteiger partial charge in [-0.15, -0.1) is 0 Å². The first-order valence-electron chi connectivity index (χ1n) is 4.91. The minimum Gasteiger partial charge on any atom is -0.408 e. The summed E-state index contributed by atoms with van der Waals surface area (Å²) in [6.45, 7) is 1.90. The zero-order valence-corrected chi connectivity index (χ0v) is 8.73. The fraction of sp³-hybridized carbons (Fsp3) is 0.364. The van der Waals surface area contributed by atoms with Crippen LogP contribution in [0.4, 0.5) is 0 Å². The smallest absolute Gasteiger partial charge is 0.408 e. The van der Waals surface area contributed by atoms with Crippen LogP contribution in [0.2, 0.25) is 0 Å². The van der Waals surface area contributed by atoms with Gasteiger partial charge in [0.2, 0.25) is 0 Å². The number of aromatic nitrogens is 1. The number of aryl methyl sites for hydroxylation is 1. The van der Waals surface area contributed by atoms with E-state index in [-0.39, 0.29) is 5.76 Å². The topological polar surface area (TPSA) is 55.4 Å². The van der Waals surface area contributed by atoms with Gasteiger partial charge in [0.15, 0.2) is 5.58 Å². The molecule has 80 valence electrons. The van der Waals surface area contributed by atoms with Crippen LogP contribution in [0.15, 0.2) is 27.4 Å². The number of oxazole rings is 1. The highest BCUT2D eigenvalue weighted by molar-refractivity contribution is 5.73. The summed E-state index contributed by atoms with van der Waals surface area (Å²) < 4.78 is 6.47. The number of benzene rings is 1. The highest BCUT2D eigenvalue weighted by atomic mass is 16.4. The Hall–Kier alpha value is -1.55. The normalized spacial score (nSPS) is 13.3. The maximum absolute atomic E-state index is 11.2. The van der Waals surface area contributed by atoms with Gasteiger partial charge in [0.1, 0.15) is 0 Å². The molecule has 4 heteroatoms. The molecule has 0 aliphatic rings. The molecule has 1 aromatic heterocycles. The van der Waals surface area contributed by atoms with Crippen molar-refractivity contribution in [3.63, 3.8) is 0 Å². The fourth-order valence-electron chi connectivity index (χ4n) is 1.59. The molecule has 2 rings (SSSR count). The molecule has 0 saturated carbocycles. The van der Waals surface area contributed by atoms with E-state index >= 15 is 0 Å². The first-order valence-corrected chi connectivity index (χ1v) is 4.91. The Bertz CT molecular complexity index is 538. The minimum atomic E-state index is -0.500. The van der Waals surface area contributed by atoms with E-state index < -0.39 is 6.10 Å². The highest BCUT2D eigenvalue weighted by Gasteiger charge is 2.09. The van der Waals surface area contributed by atoms with Crippen molar-refractivity contribution in [1.82, 2.24) is 4.57 Å². The van der Waals surface area contributed by atoms with E-state index in [0.29, 0.717) is 12.0 Å². The van der Waals surface area contributed by atoms with Crippen molar-refractivity contribution in [3.8, 4) is 0 Å². The van der Waals surface area contributed by atoms with Crippen molar-refractivity contribution in [2.24, 2.45) is 7.05 Å². The molecule has 0 aliphatic carbocycles. The zero-order valence-electron chi connectivity index (χ0n) is 8.73. The second kappa shape index (κ2) is 3.55. The maximum atomic E-state index is 11.2. The van der Waals surface area contributed by atoms with E-state index in [9.17, 15) is 9.90 Å². The Morgan fingerprint density at radius 1 is 1.53 bits per heavy atom. The van der Waals surface area contributed by atoms with Crippen LogP contribution in [-0.2, 0) is 7.05 Å². The lowest BCUT2D eigenvalue weighted by atomic mass is 10.1. The van der Waals surface area contributed by atoms with Gasteiger partial charge in [0.25, 0.3) is 0 Å². The van der Waals surface area contributed by atoms with E-state index in [4.69, 9.17) is 4.42 Å². The van der Waals surface area contributed by atoms with Gasteiger partial charge in [0.05, 0.1) is 11.6 Å². The van der Waals surface area contributed by atoms with Crippen LogP contribution in [-0.4, -0.2) is 9.67 Å². The SMILES string of the molecule is CC[C@H](O)c1ccc2c(c1)oc(=O)n2C. The van der Waals surface area contributed by atoms with E-state index in [1.807, 2.05) is 13.0 Å². The van der Waals surface area contributed by atoms with Crippen molar-refractivity contribution in [1.29, 1.82) is 0 Å². The third-order valence-corrected chi connectivity index (χ3v) is 2.59. The van der Waals surface area contributed by atoms with E-state index in [0.717, 1.165) is 11.1 Å². The number of aliphatic hydroxyl groups excluding tert-OH is 1. The van der Waals surface area contributed by atoms with Crippen LogP contribution in [0, 0.1) is 0 Å². The molecule has 0 radical (unpaired) electrons. The summed E-state index contributed by atoms with van der Waals surface area (Å²) in [5, 5.41) is 9.64. The monoisotopic (exact) mass is 207 g/mol. The highest BCUT2D eigenvalue weighted by Crippen LogP contribution is 2.21. The Balaban J connectivity index is 2.62. The van der Waals surface area contributed by atoms with Crippen molar-refractivity contribution < 1.29 is 9.52 Å². The van der Waals surface area contributed by atoms with E-state index in [1.54, 1.807) is 19.2 Å². The lowest BCUT2D eigenvalue weighted by Crippen LogP contribution is -2.08. The molecular weight excluding hydrogens is 194 g/mol. The Labute approximate surface area is 86.8 Å². The second-order valence-corrected chi connectivity index (χ2v) is 3.58. The summed E-state index contributed by atoms with van der Waals surface area (Å²) in [5.74, 6) is -0.381. The molecule has 0 aliphatic heterocycles. The summed E-state index contributed by atoms with van der Waals surface area (Å²) in [6.07, 6.45) is 0.141. The lowest BCUT2D eigenvalue weighted by Gasteiger charge is -2.06. The molecule has 1 atom stereocenters. The fourth-order valence-corrected chi connectivity index (χ4v) is 1.59. The summed E-state index contributed by atoms with van der Waals surface area (Å²) >= 11 is 0. The third-order valence-electron chi connectivity index (χ3n) is 2.59. The summed E-state index contributed by atoms with van der Waals surface area (Å²) in [5.41, 5.74) is 2.04. The van der Waals surface area contributed by atoms with Crippen LogP contribution >= 0.6 is 0 Å². The maximum Gasteiger partial charge on any atom is 0.419 e. The van der Waals surface area contributed by atoms with Crippen molar-refractivity contribution in [2.45, 2.75) is 19.4 Å². The predicted octanol–water partition coefficient (Wildman–Crippen LogP) is 1.57. The van der Waals surface area contributed by atoms with Crippen LogP contribution in [0.3, 0.4) is 0 Å². The Morgan fingerprint density at radius 3 is 2.93 bits per heavy atom. The number of hydrogen-bond acceptors (Lipinski definition) is 3. The predicted molar refractivity (Wildman–Crippen MR) is 56.7 cm³/mol. The summed E-state index contributed by atoms with van der Waals surface area (Å²) in [4.78, 5) is 11.2. The molecule has 1 N–H and O–H groups in total. The number of rotatable bonds is 2. The Kier molecular flexibility index (Phi) is 2.36. The molecule has 15 heavy (non-hydrogen) atoms. The van der Waals surface area contributed by atoms with Gasteiger partial charge >= 0.3 is 5.76 Å². The van der Waals surface area contributed by atoms with Crippen molar-refractivity contribution in [3.05, 3.63) is 34.3 Å². The van der Waals surface area contributed by atoms with E-state index in [2.05, 4.69) is 0 Å². The van der Waals surface area contributed by atoms with Crippen LogP contribution in [0.25, 0.3) is 11.1 Å². The molecule has 2 aromatic rings. The molecule has 0 spiro atoms.